The highest BCUT2D eigenvalue weighted by Crippen LogP contribution is 2.09. The van der Waals surface area contributed by atoms with Crippen LogP contribution in [-0.4, -0.2) is 25.7 Å². The van der Waals surface area contributed by atoms with Crippen molar-refractivity contribution in [3.63, 3.8) is 0 Å². The summed E-state index contributed by atoms with van der Waals surface area (Å²) in [6.45, 7) is 7.98. The van der Waals surface area contributed by atoms with Crippen LogP contribution in [0.1, 0.15) is 0 Å². The summed E-state index contributed by atoms with van der Waals surface area (Å²) < 4.78 is 0. The summed E-state index contributed by atoms with van der Waals surface area (Å²) in [6.07, 6.45) is 0. The zero-order valence-corrected chi connectivity index (χ0v) is 8.42. The van der Waals surface area contributed by atoms with Gasteiger partial charge in [-0.25, -0.2) is 0 Å². The van der Waals surface area contributed by atoms with Crippen molar-refractivity contribution in [3.05, 3.63) is 0 Å². The first-order chi connectivity index (χ1) is 4.06. The molecule has 0 saturated heterocycles. The lowest BCUT2D eigenvalue weighted by atomic mass is 10.8. The first-order valence-electron chi connectivity index (χ1n) is 3.34. The maximum atomic E-state index is 5.35. The summed E-state index contributed by atoms with van der Waals surface area (Å²) in [7, 11) is -0.787. The van der Waals surface area contributed by atoms with E-state index in [1.165, 1.54) is 5.38 Å². The number of thioether (sulfide) groups is 1. The molecule has 0 aromatic carbocycles. The Morgan fingerprint density at radius 1 is 1.33 bits per heavy atom. The monoisotopic (exact) mass is 163 g/mol. The molecule has 0 amide bonds. The van der Waals surface area contributed by atoms with Crippen LogP contribution in [0.2, 0.25) is 19.6 Å². The lowest BCUT2D eigenvalue weighted by Gasteiger charge is -2.13. The SMILES string of the molecule is C[Si](C)(C)CSCCN. The number of hydrogen-bond acceptors (Lipinski definition) is 2. The zero-order chi connectivity index (χ0) is 7.33. The van der Waals surface area contributed by atoms with Gasteiger partial charge in [-0.05, 0) is 5.38 Å². The van der Waals surface area contributed by atoms with Crippen molar-refractivity contribution in [1.82, 2.24) is 0 Å². The van der Waals surface area contributed by atoms with Crippen LogP contribution in [0.3, 0.4) is 0 Å². The zero-order valence-electron chi connectivity index (χ0n) is 6.61. The largest absolute Gasteiger partial charge is 0.330 e. The van der Waals surface area contributed by atoms with E-state index in [2.05, 4.69) is 19.6 Å². The Morgan fingerprint density at radius 2 is 1.89 bits per heavy atom. The highest BCUT2D eigenvalue weighted by atomic mass is 32.2. The van der Waals surface area contributed by atoms with Crippen molar-refractivity contribution in [2.75, 3.05) is 17.7 Å². The van der Waals surface area contributed by atoms with E-state index >= 15 is 0 Å². The van der Waals surface area contributed by atoms with E-state index < -0.39 is 8.07 Å². The molecule has 0 bridgehead atoms. The molecule has 2 N–H and O–H groups in total. The molecule has 0 fully saturated rings. The van der Waals surface area contributed by atoms with E-state index in [1.807, 2.05) is 11.8 Å². The minimum absolute atomic E-state index is 0.787. The van der Waals surface area contributed by atoms with Crippen LogP contribution in [0, 0.1) is 0 Å². The second-order valence-electron chi connectivity index (χ2n) is 3.40. The van der Waals surface area contributed by atoms with Gasteiger partial charge in [-0.3, -0.25) is 0 Å². The van der Waals surface area contributed by atoms with Crippen LogP contribution in [0.4, 0.5) is 0 Å². The minimum Gasteiger partial charge on any atom is -0.330 e. The van der Waals surface area contributed by atoms with E-state index in [4.69, 9.17) is 5.73 Å². The molecule has 0 rings (SSSR count). The van der Waals surface area contributed by atoms with Gasteiger partial charge in [-0.1, -0.05) is 19.6 Å². The van der Waals surface area contributed by atoms with Gasteiger partial charge >= 0.3 is 0 Å². The van der Waals surface area contributed by atoms with Crippen LogP contribution in [-0.2, 0) is 0 Å². The highest BCUT2D eigenvalue weighted by molar-refractivity contribution is 8.00. The van der Waals surface area contributed by atoms with E-state index in [0.717, 1.165) is 12.3 Å². The molecule has 0 heterocycles. The van der Waals surface area contributed by atoms with Crippen molar-refractivity contribution in [3.8, 4) is 0 Å². The normalized spacial score (nSPS) is 12.0. The van der Waals surface area contributed by atoms with Crippen LogP contribution in [0.5, 0.6) is 0 Å². The third kappa shape index (κ3) is 8.53. The molecule has 0 aliphatic heterocycles. The summed E-state index contributed by atoms with van der Waals surface area (Å²) in [4.78, 5) is 0. The molecular formula is C6H17NSSi. The Bertz CT molecular complexity index is 69.9. The average Bonchev–Trinajstić information content (AvgIpc) is 1.63. The third-order valence-electron chi connectivity index (χ3n) is 0.797. The van der Waals surface area contributed by atoms with Crippen LogP contribution in [0.25, 0.3) is 0 Å². The molecule has 0 atom stereocenters. The average molecular weight is 163 g/mol. The van der Waals surface area contributed by atoms with Gasteiger partial charge in [0.25, 0.3) is 0 Å². The van der Waals surface area contributed by atoms with E-state index in [9.17, 15) is 0 Å². The molecule has 0 saturated carbocycles. The molecule has 0 aliphatic carbocycles. The summed E-state index contributed by atoms with van der Waals surface area (Å²) in [5.74, 6) is 1.13. The topological polar surface area (TPSA) is 26.0 Å². The maximum absolute atomic E-state index is 5.35. The Kier molecular flexibility index (Phi) is 4.61. The molecular weight excluding hydrogens is 146 g/mol. The summed E-state index contributed by atoms with van der Waals surface area (Å²) >= 11 is 2.00. The van der Waals surface area contributed by atoms with Gasteiger partial charge in [0.05, 0.1) is 8.07 Å². The number of hydrogen-bond donors (Lipinski definition) is 1. The fourth-order valence-corrected chi connectivity index (χ4v) is 3.66. The van der Waals surface area contributed by atoms with Gasteiger partial charge < -0.3 is 5.73 Å². The minimum atomic E-state index is -0.787. The van der Waals surface area contributed by atoms with E-state index in [0.29, 0.717) is 0 Å². The molecule has 0 aliphatic rings. The molecule has 0 radical (unpaired) electrons. The molecule has 1 nitrogen and oxygen atoms in total. The second-order valence-corrected chi connectivity index (χ2v) is 10.5. The predicted octanol–water partition coefficient (Wildman–Crippen LogP) is 1.56. The van der Waals surface area contributed by atoms with Crippen LogP contribution >= 0.6 is 11.8 Å². The van der Waals surface area contributed by atoms with Crippen molar-refractivity contribution in [1.29, 1.82) is 0 Å². The van der Waals surface area contributed by atoms with Gasteiger partial charge in [-0.15, -0.1) is 0 Å². The van der Waals surface area contributed by atoms with Crippen molar-refractivity contribution in [2.24, 2.45) is 5.73 Å². The Morgan fingerprint density at radius 3 is 2.22 bits per heavy atom. The molecule has 56 valence electrons. The van der Waals surface area contributed by atoms with Gasteiger partial charge in [0.15, 0.2) is 0 Å². The fourth-order valence-electron chi connectivity index (χ4n) is 0.462. The third-order valence-corrected chi connectivity index (χ3v) is 5.60. The van der Waals surface area contributed by atoms with Gasteiger partial charge in [-0.2, -0.15) is 11.8 Å². The first kappa shape index (κ1) is 9.53. The standard InChI is InChI=1S/C6H17NSSi/c1-9(2,3)6-8-5-4-7/h4-7H2,1-3H3. The predicted molar refractivity (Wildman–Crippen MR) is 49.7 cm³/mol. The summed E-state index contributed by atoms with van der Waals surface area (Å²) in [6, 6.07) is 0. The van der Waals surface area contributed by atoms with E-state index in [-0.39, 0.29) is 0 Å². The Balaban J connectivity index is 3.07. The first-order valence-corrected chi connectivity index (χ1v) is 8.20. The lowest BCUT2D eigenvalue weighted by Crippen LogP contribution is -2.24. The smallest absolute Gasteiger partial charge is 0.0548 e. The molecule has 9 heavy (non-hydrogen) atoms. The maximum Gasteiger partial charge on any atom is 0.0548 e. The molecule has 0 spiro atoms. The molecule has 0 aromatic rings. The Hall–Kier alpha value is 0.527. The van der Waals surface area contributed by atoms with Crippen LogP contribution < -0.4 is 5.73 Å². The second kappa shape index (κ2) is 4.36. The lowest BCUT2D eigenvalue weighted by molar-refractivity contribution is 1.15. The van der Waals surface area contributed by atoms with Gasteiger partial charge in [0, 0.05) is 12.3 Å². The van der Waals surface area contributed by atoms with E-state index in [1.54, 1.807) is 0 Å². The van der Waals surface area contributed by atoms with Gasteiger partial charge in [0.2, 0.25) is 0 Å². The van der Waals surface area contributed by atoms with Crippen molar-refractivity contribution >= 4 is 19.8 Å². The summed E-state index contributed by atoms with van der Waals surface area (Å²) in [5, 5.41) is 1.35. The molecule has 0 unspecified atom stereocenters. The van der Waals surface area contributed by atoms with Crippen LogP contribution in [0.15, 0.2) is 0 Å². The highest BCUT2D eigenvalue weighted by Gasteiger charge is 2.11. The molecule has 0 aromatic heterocycles. The van der Waals surface area contributed by atoms with Crippen molar-refractivity contribution < 1.29 is 0 Å². The quantitative estimate of drug-likeness (QED) is 0.503. The van der Waals surface area contributed by atoms with Crippen molar-refractivity contribution in [2.45, 2.75) is 19.6 Å². The fraction of sp³-hybridized carbons (Fsp3) is 1.00. The molecule has 3 heteroatoms. The Labute approximate surface area is 63.4 Å². The van der Waals surface area contributed by atoms with Gasteiger partial charge in [0.1, 0.15) is 0 Å². The number of rotatable bonds is 4. The summed E-state index contributed by atoms with van der Waals surface area (Å²) in [5.41, 5.74) is 5.35. The number of nitrogens with two attached hydrogens (primary N) is 1.